The van der Waals surface area contributed by atoms with Gasteiger partial charge in [0.2, 0.25) is 5.91 Å². The largest absolute Gasteiger partial charge is 0.496 e. The molecule has 2 saturated heterocycles. The van der Waals surface area contributed by atoms with Crippen molar-refractivity contribution < 1.29 is 19.1 Å². The Hall–Kier alpha value is -3.62. The highest BCUT2D eigenvalue weighted by molar-refractivity contribution is 6.04. The lowest BCUT2D eigenvalue weighted by molar-refractivity contribution is -0.134. The number of imide groups is 1. The van der Waals surface area contributed by atoms with Crippen LogP contribution in [-0.4, -0.2) is 58.5 Å². The Labute approximate surface area is 197 Å². The van der Waals surface area contributed by atoms with Gasteiger partial charge >= 0.3 is 6.03 Å². The molecule has 2 bridgehead atoms. The molecule has 0 aliphatic carbocycles. The van der Waals surface area contributed by atoms with Crippen LogP contribution in [0.1, 0.15) is 36.4 Å². The molecule has 3 atom stereocenters. The van der Waals surface area contributed by atoms with Gasteiger partial charge in [-0.25, -0.2) is 4.79 Å². The normalized spacial score (nSPS) is 23.5. The van der Waals surface area contributed by atoms with Crippen LogP contribution in [0.3, 0.4) is 0 Å². The van der Waals surface area contributed by atoms with E-state index in [0.717, 1.165) is 17.7 Å². The number of nitrogens with one attached hydrogen (secondary N) is 1. The van der Waals surface area contributed by atoms with E-state index in [1.54, 1.807) is 25.3 Å². The standard InChI is InChI=1S/C25H28N4O5/c1-34-21-7-3-2-5-17(21)15-29-24(32)19(26-25(29)33)9-10-22(30)27-12-16-11-18(14-27)20-6-4-8-23(31)28(20)13-16/h2-8,16,18-19H,9-15H2,1H3,(H,26,33)/t16?,18?,19-/m0/s1. The number of likely N-dealkylation sites (tertiary alicyclic amines) is 1. The average Bonchev–Trinajstić information content (AvgIpc) is 3.11. The van der Waals surface area contributed by atoms with Gasteiger partial charge in [0.15, 0.2) is 0 Å². The molecule has 2 fully saturated rings. The number of methoxy groups -OCH3 is 1. The molecule has 1 N–H and O–H groups in total. The number of piperidine rings is 1. The van der Waals surface area contributed by atoms with Gasteiger partial charge in [0.25, 0.3) is 11.5 Å². The summed E-state index contributed by atoms with van der Waals surface area (Å²) in [5, 5.41) is 2.72. The lowest BCUT2D eigenvalue weighted by Crippen LogP contribution is -2.49. The van der Waals surface area contributed by atoms with Crippen molar-refractivity contribution in [3.05, 3.63) is 64.1 Å². The van der Waals surface area contributed by atoms with Crippen molar-refractivity contribution in [1.82, 2.24) is 19.7 Å². The molecule has 3 aliphatic rings. The van der Waals surface area contributed by atoms with E-state index < -0.39 is 12.1 Å². The second kappa shape index (κ2) is 8.96. The number of para-hydroxylation sites is 1. The van der Waals surface area contributed by atoms with Crippen LogP contribution in [0.25, 0.3) is 0 Å². The Kier molecular flexibility index (Phi) is 5.85. The molecular formula is C25H28N4O5. The van der Waals surface area contributed by atoms with Crippen molar-refractivity contribution in [2.45, 2.75) is 44.3 Å². The van der Waals surface area contributed by atoms with Crippen molar-refractivity contribution in [2.24, 2.45) is 5.92 Å². The first kappa shape index (κ1) is 22.2. The van der Waals surface area contributed by atoms with Crippen LogP contribution in [-0.2, 0) is 22.7 Å². The Balaban J connectivity index is 1.20. The summed E-state index contributed by atoms with van der Waals surface area (Å²) < 4.78 is 7.16. The smallest absolute Gasteiger partial charge is 0.325 e. The van der Waals surface area contributed by atoms with Gasteiger partial charge in [0, 0.05) is 49.3 Å². The van der Waals surface area contributed by atoms with Gasteiger partial charge in [-0.15, -0.1) is 0 Å². The van der Waals surface area contributed by atoms with E-state index >= 15 is 0 Å². The van der Waals surface area contributed by atoms with Crippen LogP contribution in [0.2, 0.25) is 0 Å². The van der Waals surface area contributed by atoms with Crippen LogP contribution in [0.4, 0.5) is 4.79 Å². The summed E-state index contributed by atoms with van der Waals surface area (Å²) in [7, 11) is 1.55. The highest BCUT2D eigenvalue weighted by Gasteiger charge is 2.40. The SMILES string of the molecule is COc1ccccc1CN1C(=O)N[C@@H](CCC(=O)N2CC3CC(C2)c2cccc(=O)n2C3)C1=O. The summed E-state index contributed by atoms with van der Waals surface area (Å²) in [6.07, 6.45) is 1.41. The third kappa shape index (κ3) is 4.06. The predicted molar refractivity (Wildman–Crippen MR) is 123 cm³/mol. The molecule has 1 aromatic carbocycles. The summed E-state index contributed by atoms with van der Waals surface area (Å²) in [6, 6.07) is 11.4. The van der Waals surface area contributed by atoms with Gasteiger partial charge in [-0.2, -0.15) is 0 Å². The van der Waals surface area contributed by atoms with Crippen molar-refractivity contribution in [3.63, 3.8) is 0 Å². The van der Waals surface area contributed by atoms with E-state index in [1.165, 1.54) is 4.90 Å². The lowest BCUT2D eigenvalue weighted by Gasteiger charge is -2.42. The number of hydrogen-bond acceptors (Lipinski definition) is 5. The van der Waals surface area contributed by atoms with E-state index in [4.69, 9.17) is 4.74 Å². The molecule has 0 radical (unpaired) electrons. The zero-order chi connectivity index (χ0) is 23.8. The van der Waals surface area contributed by atoms with Gasteiger partial charge in [0.05, 0.1) is 13.7 Å². The number of carbonyl (C=O) groups is 3. The van der Waals surface area contributed by atoms with Gasteiger partial charge in [-0.05, 0) is 30.9 Å². The molecule has 4 heterocycles. The first-order chi connectivity index (χ1) is 16.4. The lowest BCUT2D eigenvalue weighted by atomic mass is 9.83. The number of benzene rings is 1. The summed E-state index contributed by atoms with van der Waals surface area (Å²) in [5.41, 5.74) is 1.75. The fourth-order valence-electron chi connectivity index (χ4n) is 5.45. The Morgan fingerprint density at radius 1 is 1.06 bits per heavy atom. The molecule has 4 amide bonds. The minimum atomic E-state index is -0.713. The fraction of sp³-hybridized carbons (Fsp3) is 0.440. The number of nitrogens with zero attached hydrogens (tertiary/aromatic N) is 3. The molecule has 0 spiro atoms. The maximum atomic E-state index is 13.0. The summed E-state index contributed by atoms with van der Waals surface area (Å²) in [6.45, 7) is 1.93. The van der Waals surface area contributed by atoms with Gasteiger partial charge in [-0.3, -0.25) is 19.3 Å². The highest BCUT2D eigenvalue weighted by atomic mass is 16.5. The number of aromatic nitrogens is 1. The fourth-order valence-corrected chi connectivity index (χ4v) is 5.45. The summed E-state index contributed by atoms with van der Waals surface area (Å²) >= 11 is 0. The number of fused-ring (bicyclic) bond motifs is 4. The van der Waals surface area contributed by atoms with Crippen molar-refractivity contribution >= 4 is 17.8 Å². The third-order valence-corrected chi connectivity index (χ3v) is 7.11. The van der Waals surface area contributed by atoms with E-state index in [1.807, 2.05) is 33.7 Å². The van der Waals surface area contributed by atoms with Crippen LogP contribution >= 0.6 is 0 Å². The number of ether oxygens (including phenoxy) is 1. The minimum absolute atomic E-state index is 0.0140. The summed E-state index contributed by atoms with van der Waals surface area (Å²) in [5.74, 6) is 0.661. The van der Waals surface area contributed by atoms with Crippen molar-refractivity contribution in [2.75, 3.05) is 20.2 Å². The van der Waals surface area contributed by atoms with Crippen LogP contribution < -0.4 is 15.6 Å². The first-order valence-corrected chi connectivity index (χ1v) is 11.7. The molecule has 1 aromatic heterocycles. The third-order valence-electron chi connectivity index (χ3n) is 7.11. The zero-order valence-corrected chi connectivity index (χ0v) is 19.1. The van der Waals surface area contributed by atoms with Gasteiger partial charge < -0.3 is 19.5 Å². The van der Waals surface area contributed by atoms with E-state index in [-0.39, 0.29) is 48.6 Å². The Morgan fingerprint density at radius 3 is 2.71 bits per heavy atom. The molecule has 9 nitrogen and oxygen atoms in total. The predicted octanol–water partition coefficient (Wildman–Crippen LogP) is 1.70. The number of rotatable bonds is 6. The molecular weight excluding hydrogens is 436 g/mol. The van der Waals surface area contributed by atoms with E-state index in [2.05, 4.69) is 5.32 Å². The van der Waals surface area contributed by atoms with Crippen LogP contribution in [0.15, 0.2) is 47.3 Å². The number of hydrogen-bond donors (Lipinski definition) is 1. The number of pyridine rings is 1. The molecule has 2 aromatic rings. The van der Waals surface area contributed by atoms with Crippen LogP contribution in [0.5, 0.6) is 5.75 Å². The van der Waals surface area contributed by atoms with E-state index in [0.29, 0.717) is 25.4 Å². The topological polar surface area (TPSA) is 101 Å². The average molecular weight is 465 g/mol. The number of amides is 4. The second-order valence-corrected chi connectivity index (χ2v) is 9.27. The van der Waals surface area contributed by atoms with Crippen LogP contribution in [0, 0.1) is 5.92 Å². The number of carbonyl (C=O) groups excluding carboxylic acids is 3. The maximum Gasteiger partial charge on any atom is 0.325 e. The monoisotopic (exact) mass is 464 g/mol. The minimum Gasteiger partial charge on any atom is -0.496 e. The van der Waals surface area contributed by atoms with Gasteiger partial charge in [-0.1, -0.05) is 24.3 Å². The Morgan fingerprint density at radius 2 is 1.88 bits per heavy atom. The summed E-state index contributed by atoms with van der Waals surface area (Å²) in [4.78, 5) is 53.6. The molecule has 5 rings (SSSR count). The molecule has 3 aliphatic heterocycles. The van der Waals surface area contributed by atoms with Crippen molar-refractivity contribution in [3.8, 4) is 5.75 Å². The second-order valence-electron chi connectivity index (χ2n) is 9.27. The van der Waals surface area contributed by atoms with Gasteiger partial charge in [0.1, 0.15) is 11.8 Å². The Bertz CT molecular complexity index is 1190. The zero-order valence-electron chi connectivity index (χ0n) is 19.1. The van der Waals surface area contributed by atoms with Crippen molar-refractivity contribution in [1.29, 1.82) is 0 Å². The molecule has 9 heteroatoms. The molecule has 178 valence electrons. The molecule has 0 saturated carbocycles. The quantitative estimate of drug-likeness (QED) is 0.656. The number of urea groups is 1. The maximum absolute atomic E-state index is 13.0. The molecule has 2 unspecified atom stereocenters. The van der Waals surface area contributed by atoms with E-state index in [9.17, 15) is 19.2 Å². The molecule has 34 heavy (non-hydrogen) atoms. The first-order valence-electron chi connectivity index (χ1n) is 11.7. The highest BCUT2D eigenvalue weighted by Crippen LogP contribution is 2.35.